The topological polar surface area (TPSA) is 63.2 Å². The fourth-order valence-electron chi connectivity index (χ4n) is 2.27. The van der Waals surface area contributed by atoms with Gasteiger partial charge in [0.25, 0.3) is 5.91 Å². The van der Waals surface area contributed by atoms with Crippen molar-refractivity contribution in [2.45, 2.75) is 26.3 Å². The van der Waals surface area contributed by atoms with E-state index in [0.717, 1.165) is 30.7 Å². The molecule has 0 saturated carbocycles. The van der Waals surface area contributed by atoms with E-state index in [1.54, 1.807) is 12.3 Å². The quantitative estimate of drug-likeness (QED) is 0.863. The largest absolute Gasteiger partial charge is 0.381 e. The summed E-state index contributed by atoms with van der Waals surface area (Å²) in [5, 5.41) is 6.15. The third-order valence-electron chi connectivity index (χ3n) is 3.47. The van der Waals surface area contributed by atoms with E-state index in [1.807, 2.05) is 13.8 Å². The van der Waals surface area contributed by atoms with Crippen molar-refractivity contribution in [1.29, 1.82) is 0 Å². The van der Waals surface area contributed by atoms with Gasteiger partial charge in [0.1, 0.15) is 5.82 Å². The molecule has 1 fully saturated rings. The van der Waals surface area contributed by atoms with Gasteiger partial charge in [0.15, 0.2) is 0 Å². The van der Waals surface area contributed by atoms with E-state index < -0.39 is 0 Å². The first-order valence-electron chi connectivity index (χ1n) is 6.89. The summed E-state index contributed by atoms with van der Waals surface area (Å²) in [4.78, 5) is 16.7. The average Bonchev–Trinajstić information content (AvgIpc) is 2.95. The molecule has 2 heterocycles. The zero-order valence-corrected chi connectivity index (χ0v) is 13.4. The minimum Gasteiger partial charge on any atom is -0.381 e. The number of ether oxygens (including phenoxy) is 1. The Balaban J connectivity index is 2.09. The first-order chi connectivity index (χ1) is 9.61. The summed E-state index contributed by atoms with van der Waals surface area (Å²) in [6.45, 7) is 6.23. The summed E-state index contributed by atoms with van der Waals surface area (Å²) >= 11 is 3.36. The molecule has 110 valence electrons. The van der Waals surface area contributed by atoms with Crippen LogP contribution in [-0.4, -0.2) is 36.7 Å². The Morgan fingerprint density at radius 3 is 3.10 bits per heavy atom. The minimum atomic E-state index is -0.103. The van der Waals surface area contributed by atoms with E-state index >= 15 is 0 Å². The summed E-state index contributed by atoms with van der Waals surface area (Å²) < 4.78 is 6.16. The number of carbonyl (C=O) groups is 1. The number of nitrogens with zero attached hydrogens (tertiary/aromatic N) is 1. The van der Waals surface area contributed by atoms with Crippen molar-refractivity contribution in [3.63, 3.8) is 0 Å². The lowest BCUT2D eigenvalue weighted by atomic mass is 10.0. The summed E-state index contributed by atoms with van der Waals surface area (Å²) in [6, 6.07) is 1.89. The lowest BCUT2D eigenvalue weighted by Gasteiger charge is -2.20. The molecule has 2 rings (SSSR count). The molecular formula is C14H20BrN3O2. The van der Waals surface area contributed by atoms with Crippen LogP contribution in [0.1, 0.15) is 30.6 Å². The normalized spacial score (nSPS) is 19.6. The highest BCUT2D eigenvalue weighted by Crippen LogP contribution is 2.20. The highest BCUT2D eigenvalue weighted by Gasteiger charge is 2.24. The SMILES string of the molecule is CCNc1ncc(Br)cc1C(=O)NC(C)C1CCOC1. The minimum absolute atomic E-state index is 0.0958. The third kappa shape index (κ3) is 3.70. The number of rotatable bonds is 5. The highest BCUT2D eigenvalue weighted by molar-refractivity contribution is 9.10. The van der Waals surface area contributed by atoms with Crippen LogP contribution >= 0.6 is 15.9 Å². The molecule has 2 atom stereocenters. The van der Waals surface area contributed by atoms with Crippen molar-refractivity contribution in [3.05, 3.63) is 22.3 Å². The van der Waals surface area contributed by atoms with Crippen LogP contribution in [-0.2, 0) is 4.74 Å². The molecule has 1 aromatic rings. The van der Waals surface area contributed by atoms with E-state index in [2.05, 4.69) is 31.5 Å². The fraction of sp³-hybridized carbons (Fsp3) is 0.571. The van der Waals surface area contributed by atoms with E-state index in [0.29, 0.717) is 17.3 Å². The molecule has 0 radical (unpaired) electrons. The van der Waals surface area contributed by atoms with Gasteiger partial charge in [-0.15, -0.1) is 0 Å². The first-order valence-corrected chi connectivity index (χ1v) is 7.69. The monoisotopic (exact) mass is 341 g/mol. The number of hydrogen-bond acceptors (Lipinski definition) is 4. The molecule has 6 heteroatoms. The van der Waals surface area contributed by atoms with Gasteiger partial charge in [-0.2, -0.15) is 0 Å². The summed E-state index contributed by atoms with van der Waals surface area (Å²) in [7, 11) is 0. The van der Waals surface area contributed by atoms with Crippen molar-refractivity contribution >= 4 is 27.7 Å². The zero-order chi connectivity index (χ0) is 14.5. The smallest absolute Gasteiger partial charge is 0.255 e. The van der Waals surface area contributed by atoms with Gasteiger partial charge in [0.05, 0.1) is 12.2 Å². The Morgan fingerprint density at radius 1 is 1.65 bits per heavy atom. The molecule has 2 N–H and O–H groups in total. The van der Waals surface area contributed by atoms with Crippen molar-refractivity contribution in [3.8, 4) is 0 Å². The molecule has 5 nitrogen and oxygen atoms in total. The van der Waals surface area contributed by atoms with Gasteiger partial charge in [-0.25, -0.2) is 4.98 Å². The Kier molecular flexibility index (Phi) is 5.37. The van der Waals surface area contributed by atoms with Crippen LogP contribution in [0.2, 0.25) is 0 Å². The van der Waals surface area contributed by atoms with Crippen LogP contribution < -0.4 is 10.6 Å². The highest BCUT2D eigenvalue weighted by atomic mass is 79.9. The number of aromatic nitrogens is 1. The molecule has 0 spiro atoms. The van der Waals surface area contributed by atoms with Gasteiger partial charge >= 0.3 is 0 Å². The summed E-state index contributed by atoms with van der Waals surface area (Å²) in [6.07, 6.45) is 2.68. The number of pyridine rings is 1. The number of hydrogen-bond donors (Lipinski definition) is 2. The maximum atomic E-state index is 12.4. The fourth-order valence-corrected chi connectivity index (χ4v) is 2.60. The van der Waals surface area contributed by atoms with E-state index in [-0.39, 0.29) is 11.9 Å². The second kappa shape index (κ2) is 7.04. The second-order valence-corrected chi connectivity index (χ2v) is 5.88. The van der Waals surface area contributed by atoms with Crippen molar-refractivity contribution in [1.82, 2.24) is 10.3 Å². The number of amides is 1. The molecule has 1 aromatic heterocycles. The molecular weight excluding hydrogens is 322 g/mol. The lowest BCUT2D eigenvalue weighted by Crippen LogP contribution is -2.38. The molecule has 1 aliphatic rings. The third-order valence-corrected chi connectivity index (χ3v) is 3.91. The van der Waals surface area contributed by atoms with Gasteiger partial charge in [-0.1, -0.05) is 0 Å². The van der Waals surface area contributed by atoms with Gasteiger partial charge < -0.3 is 15.4 Å². The predicted octanol–water partition coefficient (Wildman–Crippen LogP) is 2.43. The lowest BCUT2D eigenvalue weighted by molar-refractivity contribution is 0.0922. The molecule has 0 aliphatic carbocycles. The van der Waals surface area contributed by atoms with Crippen molar-refractivity contribution in [2.24, 2.45) is 5.92 Å². The maximum Gasteiger partial charge on any atom is 0.255 e. The molecule has 1 amide bonds. The Bertz CT molecular complexity index is 475. The van der Waals surface area contributed by atoms with E-state index in [1.165, 1.54) is 0 Å². The van der Waals surface area contributed by atoms with Crippen LogP contribution in [0.5, 0.6) is 0 Å². The van der Waals surface area contributed by atoms with E-state index in [4.69, 9.17) is 4.74 Å². The zero-order valence-electron chi connectivity index (χ0n) is 11.8. The first kappa shape index (κ1) is 15.3. The maximum absolute atomic E-state index is 12.4. The van der Waals surface area contributed by atoms with Gasteiger partial charge in [-0.3, -0.25) is 4.79 Å². The number of anilines is 1. The molecule has 0 bridgehead atoms. The average molecular weight is 342 g/mol. The van der Waals surface area contributed by atoms with Crippen molar-refractivity contribution in [2.75, 3.05) is 25.1 Å². The van der Waals surface area contributed by atoms with Crippen LogP contribution in [0.3, 0.4) is 0 Å². The summed E-state index contributed by atoms with van der Waals surface area (Å²) in [5.41, 5.74) is 0.562. The van der Waals surface area contributed by atoms with Gasteiger partial charge in [0.2, 0.25) is 0 Å². The number of carbonyl (C=O) groups excluding carboxylic acids is 1. The van der Waals surface area contributed by atoms with Gasteiger partial charge in [-0.05, 0) is 42.3 Å². The summed E-state index contributed by atoms with van der Waals surface area (Å²) in [5.74, 6) is 0.902. The number of halogens is 1. The molecule has 1 aliphatic heterocycles. The predicted molar refractivity (Wildman–Crippen MR) is 82.0 cm³/mol. The molecule has 20 heavy (non-hydrogen) atoms. The van der Waals surface area contributed by atoms with Crippen LogP contribution in [0.15, 0.2) is 16.7 Å². The standard InChI is InChI=1S/C14H20BrN3O2/c1-3-16-13-12(6-11(15)7-17-13)14(19)18-9(2)10-4-5-20-8-10/h6-7,9-10H,3-5,8H2,1-2H3,(H,16,17)(H,18,19). The van der Waals surface area contributed by atoms with Crippen molar-refractivity contribution < 1.29 is 9.53 Å². The van der Waals surface area contributed by atoms with Crippen LogP contribution in [0.25, 0.3) is 0 Å². The molecule has 0 aromatic carbocycles. The second-order valence-electron chi connectivity index (χ2n) is 4.97. The Hall–Kier alpha value is -1.14. The number of nitrogens with one attached hydrogen (secondary N) is 2. The van der Waals surface area contributed by atoms with Gasteiger partial charge in [0, 0.05) is 35.8 Å². The van der Waals surface area contributed by atoms with Crippen LogP contribution in [0.4, 0.5) is 5.82 Å². The van der Waals surface area contributed by atoms with E-state index in [9.17, 15) is 4.79 Å². The molecule has 2 unspecified atom stereocenters. The molecule has 1 saturated heterocycles. The Morgan fingerprint density at radius 2 is 2.45 bits per heavy atom. The van der Waals surface area contributed by atoms with Crippen LogP contribution in [0, 0.1) is 5.92 Å². The Labute approximate surface area is 127 Å².